The highest BCUT2D eigenvalue weighted by atomic mass is 35.5. The molecule has 0 radical (unpaired) electrons. The molecule has 1 aliphatic rings. The zero-order valence-corrected chi connectivity index (χ0v) is 19.7. The molecule has 3 aromatic rings. The molecule has 0 aromatic heterocycles. The predicted octanol–water partition coefficient (Wildman–Crippen LogP) is 6.52. The van der Waals surface area contributed by atoms with Crippen molar-refractivity contribution in [3.63, 3.8) is 0 Å². The molecule has 1 N–H and O–H groups in total. The Labute approximate surface area is 209 Å². The molecule has 1 heterocycles. The van der Waals surface area contributed by atoms with E-state index in [9.17, 15) is 22.8 Å². The number of carbonyl (C=O) groups excluding carboxylic acids is 2. The second-order valence-electron chi connectivity index (χ2n) is 7.71. The number of thioether (sulfide) groups is 1. The van der Waals surface area contributed by atoms with Crippen molar-refractivity contribution in [2.24, 2.45) is 4.99 Å². The normalized spacial score (nSPS) is 17.5. The van der Waals surface area contributed by atoms with E-state index >= 15 is 0 Å². The van der Waals surface area contributed by atoms with Crippen molar-refractivity contribution in [1.82, 2.24) is 4.90 Å². The van der Waals surface area contributed by atoms with E-state index in [0.29, 0.717) is 10.7 Å². The Morgan fingerprint density at radius 2 is 1.77 bits per heavy atom. The molecular formula is C25H19ClF3N3O2S. The van der Waals surface area contributed by atoms with Gasteiger partial charge in [0.25, 0.3) is 0 Å². The third-order valence-electron chi connectivity index (χ3n) is 5.13. The zero-order valence-electron chi connectivity index (χ0n) is 18.1. The first kappa shape index (κ1) is 24.8. The van der Waals surface area contributed by atoms with Crippen LogP contribution in [0, 0.1) is 0 Å². The standard InChI is InChI=1S/C25H19ClF3N3O2S/c26-18-7-4-8-20(13-18)30-23(34)21-14-22(33)32(15-16-5-2-1-3-6-16)24(35-21)31-19-11-9-17(10-12-19)25(27,28)29/h1-13,21H,14-15H2,(H,30,34). The number of hydrogen-bond donors (Lipinski definition) is 1. The van der Waals surface area contributed by atoms with Gasteiger partial charge in [0.15, 0.2) is 5.17 Å². The van der Waals surface area contributed by atoms with Crippen LogP contribution in [0.15, 0.2) is 83.9 Å². The second kappa shape index (κ2) is 10.5. The summed E-state index contributed by atoms with van der Waals surface area (Å²) in [5, 5.41) is 2.66. The molecule has 180 valence electrons. The number of rotatable bonds is 5. The highest BCUT2D eigenvalue weighted by Crippen LogP contribution is 2.33. The van der Waals surface area contributed by atoms with Gasteiger partial charge in [-0.1, -0.05) is 59.8 Å². The lowest BCUT2D eigenvalue weighted by Crippen LogP contribution is -2.44. The predicted molar refractivity (Wildman–Crippen MR) is 132 cm³/mol. The number of alkyl halides is 3. The van der Waals surface area contributed by atoms with E-state index in [-0.39, 0.29) is 29.7 Å². The van der Waals surface area contributed by atoms with Crippen LogP contribution in [0.4, 0.5) is 24.5 Å². The molecule has 0 spiro atoms. The van der Waals surface area contributed by atoms with Crippen molar-refractivity contribution in [2.45, 2.75) is 24.4 Å². The number of amides is 2. The fourth-order valence-electron chi connectivity index (χ4n) is 3.39. The fraction of sp³-hybridized carbons (Fsp3) is 0.160. The summed E-state index contributed by atoms with van der Waals surface area (Å²) in [4.78, 5) is 31.9. The number of carbonyl (C=O) groups is 2. The van der Waals surface area contributed by atoms with Crippen LogP contribution in [0.1, 0.15) is 17.5 Å². The van der Waals surface area contributed by atoms with Gasteiger partial charge in [0.1, 0.15) is 5.25 Å². The summed E-state index contributed by atoms with van der Waals surface area (Å²) in [6, 6.07) is 20.2. The van der Waals surface area contributed by atoms with E-state index in [0.717, 1.165) is 29.5 Å². The van der Waals surface area contributed by atoms with E-state index in [1.165, 1.54) is 17.0 Å². The number of nitrogens with one attached hydrogen (secondary N) is 1. The van der Waals surface area contributed by atoms with Gasteiger partial charge in [-0.3, -0.25) is 14.5 Å². The minimum Gasteiger partial charge on any atom is -0.325 e. The Morgan fingerprint density at radius 3 is 2.43 bits per heavy atom. The third-order valence-corrected chi connectivity index (χ3v) is 6.55. The second-order valence-corrected chi connectivity index (χ2v) is 9.32. The summed E-state index contributed by atoms with van der Waals surface area (Å²) in [6.07, 6.45) is -4.53. The summed E-state index contributed by atoms with van der Waals surface area (Å²) in [5.74, 6) is -0.713. The van der Waals surface area contributed by atoms with Gasteiger partial charge in [0.05, 0.1) is 17.8 Å². The average molecular weight is 518 g/mol. The number of amidine groups is 1. The molecule has 1 fully saturated rings. The van der Waals surface area contributed by atoms with Crippen molar-refractivity contribution in [1.29, 1.82) is 0 Å². The van der Waals surface area contributed by atoms with Crippen molar-refractivity contribution in [3.8, 4) is 0 Å². The lowest BCUT2D eigenvalue weighted by molar-refractivity contribution is -0.137. The van der Waals surface area contributed by atoms with Gasteiger partial charge < -0.3 is 5.32 Å². The molecule has 3 aromatic carbocycles. The monoisotopic (exact) mass is 517 g/mol. The number of anilines is 1. The number of hydrogen-bond acceptors (Lipinski definition) is 4. The van der Waals surface area contributed by atoms with E-state index in [1.54, 1.807) is 24.3 Å². The van der Waals surface area contributed by atoms with E-state index in [2.05, 4.69) is 10.3 Å². The Hall–Kier alpha value is -3.30. The SMILES string of the molecule is O=C(Nc1cccc(Cl)c1)C1CC(=O)N(Cc2ccccc2)C(=Nc2ccc(C(F)(F)F)cc2)S1. The van der Waals surface area contributed by atoms with Gasteiger partial charge in [-0.2, -0.15) is 13.2 Å². The number of benzene rings is 3. The number of nitrogens with zero attached hydrogens (tertiary/aromatic N) is 2. The quantitative estimate of drug-likeness (QED) is 0.419. The maximum atomic E-state index is 13.1. The van der Waals surface area contributed by atoms with Gasteiger partial charge in [-0.05, 0) is 48.0 Å². The van der Waals surface area contributed by atoms with Gasteiger partial charge >= 0.3 is 6.18 Å². The zero-order chi connectivity index (χ0) is 25.0. The fourth-order valence-corrected chi connectivity index (χ4v) is 4.68. The molecule has 0 aliphatic carbocycles. The molecule has 1 unspecified atom stereocenters. The summed E-state index contributed by atoms with van der Waals surface area (Å²) in [6.45, 7) is 0.217. The molecular weight excluding hydrogens is 499 g/mol. The molecule has 4 rings (SSSR count). The minimum absolute atomic E-state index is 0.0596. The summed E-state index contributed by atoms with van der Waals surface area (Å²) >= 11 is 7.07. The highest BCUT2D eigenvalue weighted by molar-refractivity contribution is 8.15. The molecule has 0 bridgehead atoms. The summed E-state index contributed by atoms with van der Waals surface area (Å²) < 4.78 is 38.8. The van der Waals surface area contributed by atoms with Gasteiger partial charge in [-0.15, -0.1) is 0 Å². The van der Waals surface area contributed by atoms with E-state index in [4.69, 9.17) is 11.6 Å². The molecule has 10 heteroatoms. The minimum atomic E-state index is -4.47. The van der Waals surface area contributed by atoms with E-state index in [1.807, 2.05) is 30.3 Å². The number of aliphatic imine (C=N–C) groups is 1. The van der Waals surface area contributed by atoms with Crippen LogP contribution in [0.2, 0.25) is 5.02 Å². The lowest BCUT2D eigenvalue weighted by Gasteiger charge is -2.32. The molecule has 1 saturated heterocycles. The van der Waals surface area contributed by atoms with Crippen molar-refractivity contribution >= 4 is 51.7 Å². The maximum absolute atomic E-state index is 13.1. The maximum Gasteiger partial charge on any atom is 0.416 e. The highest BCUT2D eigenvalue weighted by Gasteiger charge is 2.36. The average Bonchev–Trinajstić information content (AvgIpc) is 2.81. The number of halogens is 4. The molecule has 2 amide bonds. The largest absolute Gasteiger partial charge is 0.416 e. The van der Waals surface area contributed by atoms with E-state index < -0.39 is 22.9 Å². The first-order valence-electron chi connectivity index (χ1n) is 10.5. The Kier molecular flexibility index (Phi) is 7.47. The van der Waals surface area contributed by atoms with Crippen molar-refractivity contribution in [2.75, 3.05) is 5.32 Å². The first-order valence-corrected chi connectivity index (χ1v) is 11.8. The van der Waals surface area contributed by atoms with Crippen LogP contribution < -0.4 is 5.32 Å². The van der Waals surface area contributed by atoms with Crippen LogP contribution in [0.25, 0.3) is 0 Å². The molecule has 1 atom stereocenters. The Morgan fingerprint density at radius 1 is 1.06 bits per heavy atom. The van der Waals surface area contributed by atoms with Gasteiger partial charge in [-0.25, -0.2) is 4.99 Å². The van der Waals surface area contributed by atoms with Crippen LogP contribution in [-0.4, -0.2) is 27.1 Å². The molecule has 1 aliphatic heterocycles. The van der Waals surface area contributed by atoms with Gasteiger partial charge in [0.2, 0.25) is 11.8 Å². The first-order chi connectivity index (χ1) is 16.7. The Balaban J connectivity index is 1.61. The lowest BCUT2D eigenvalue weighted by atomic mass is 10.2. The van der Waals surface area contributed by atoms with Crippen LogP contribution in [-0.2, 0) is 22.3 Å². The van der Waals surface area contributed by atoms with Crippen molar-refractivity contribution in [3.05, 3.63) is 95.0 Å². The third kappa shape index (κ3) is 6.43. The van der Waals surface area contributed by atoms with Crippen LogP contribution in [0.5, 0.6) is 0 Å². The van der Waals surface area contributed by atoms with Crippen LogP contribution in [0.3, 0.4) is 0 Å². The molecule has 35 heavy (non-hydrogen) atoms. The topological polar surface area (TPSA) is 61.8 Å². The van der Waals surface area contributed by atoms with Crippen LogP contribution >= 0.6 is 23.4 Å². The van der Waals surface area contributed by atoms with Crippen molar-refractivity contribution < 1.29 is 22.8 Å². The summed E-state index contributed by atoms with van der Waals surface area (Å²) in [7, 11) is 0. The Bertz CT molecular complexity index is 1250. The molecule has 0 saturated carbocycles. The molecule has 5 nitrogen and oxygen atoms in total. The summed E-state index contributed by atoms with van der Waals surface area (Å²) in [5.41, 5.74) is 0.780. The smallest absolute Gasteiger partial charge is 0.325 e. The van der Waals surface area contributed by atoms with Gasteiger partial charge in [0, 0.05) is 17.1 Å².